The molecule has 3 nitrogen and oxygen atoms in total. The minimum atomic E-state index is -0.0931. The number of pyridine rings is 1. The second kappa shape index (κ2) is 4.85. The highest BCUT2D eigenvalue weighted by Crippen LogP contribution is 2.31. The number of aromatic amines is 1. The summed E-state index contributed by atoms with van der Waals surface area (Å²) in [5.41, 5.74) is 3.31. The molecule has 2 N–H and O–H groups in total. The van der Waals surface area contributed by atoms with Gasteiger partial charge in [0.25, 0.3) is 5.56 Å². The number of nitrogens with one attached hydrogen (secondary N) is 1. The Hall–Kier alpha value is -2.55. The lowest BCUT2D eigenvalue weighted by atomic mass is 9.95. The number of phenolic OH excluding ortho intramolecular Hbond substituents is 1. The van der Waals surface area contributed by atoms with E-state index in [1.807, 2.05) is 43.3 Å². The van der Waals surface area contributed by atoms with Crippen LogP contribution >= 0.6 is 0 Å². The molecule has 1 aromatic heterocycles. The van der Waals surface area contributed by atoms with E-state index in [0.29, 0.717) is 11.9 Å². The predicted molar refractivity (Wildman–Crippen MR) is 81.0 cm³/mol. The fourth-order valence-corrected chi connectivity index (χ4v) is 2.60. The number of fused-ring (bicyclic) bond motifs is 1. The first-order chi connectivity index (χ1) is 9.70. The van der Waals surface area contributed by atoms with Crippen molar-refractivity contribution in [3.05, 3.63) is 64.4 Å². The molecule has 3 rings (SSSR count). The van der Waals surface area contributed by atoms with E-state index in [0.717, 1.165) is 22.1 Å². The maximum absolute atomic E-state index is 12.2. The predicted octanol–water partition coefficient (Wildman–Crippen LogP) is 3.46. The van der Waals surface area contributed by atoms with Crippen LogP contribution in [-0.4, -0.2) is 10.1 Å². The van der Waals surface area contributed by atoms with Crippen molar-refractivity contribution in [2.24, 2.45) is 0 Å². The fourth-order valence-electron chi connectivity index (χ4n) is 2.60. The molecule has 0 unspecified atom stereocenters. The topological polar surface area (TPSA) is 53.1 Å². The number of hydrogen-bond donors (Lipinski definition) is 2. The van der Waals surface area contributed by atoms with Crippen molar-refractivity contribution in [2.45, 2.75) is 13.3 Å². The molecule has 0 aliphatic heterocycles. The third-order valence-corrected chi connectivity index (χ3v) is 3.51. The average molecular weight is 265 g/mol. The van der Waals surface area contributed by atoms with Gasteiger partial charge >= 0.3 is 0 Å². The average Bonchev–Trinajstić information content (AvgIpc) is 2.46. The van der Waals surface area contributed by atoms with Crippen molar-refractivity contribution in [3.63, 3.8) is 0 Å². The molecule has 20 heavy (non-hydrogen) atoms. The first kappa shape index (κ1) is 12.5. The maximum atomic E-state index is 12.2. The molecule has 0 fully saturated rings. The summed E-state index contributed by atoms with van der Waals surface area (Å²) >= 11 is 0. The van der Waals surface area contributed by atoms with E-state index in [2.05, 4.69) is 4.98 Å². The highest BCUT2D eigenvalue weighted by Gasteiger charge is 2.13. The van der Waals surface area contributed by atoms with Crippen LogP contribution in [0.2, 0.25) is 0 Å². The second-order valence-corrected chi connectivity index (χ2v) is 4.76. The van der Waals surface area contributed by atoms with E-state index in [-0.39, 0.29) is 11.3 Å². The number of hydrogen-bond acceptors (Lipinski definition) is 2. The third-order valence-electron chi connectivity index (χ3n) is 3.51. The van der Waals surface area contributed by atoms with Gasteiger partial charge in [-0.15, -0.1) is 0 Å². The number of aromatic nitrogens is 1. The minimum absolute atomic E-state index is 0.0931. The molecule has 0 radical (unpaired) electrons. The van der Waals surface area contributed by atoms with Gasteiger partial charge in [0.2, 0.25) is 0 Å². The van der Waals surface area contributed by atoms with Gasteiger partial charge in [-0.05, 0) is 29.7 Å². The quantitative estimate of drug-likeness (QED) is 0.745. The van der Waals surface area contributed by atoms with Crippen molar-refractivity contribution >= 4 is 10.9 Å². The third kappa shape index (κ3) is 1.97. The molecule has 0 amide bonds. The maximum Gasteiger partial charge on any atom is 0.252 e. The number of benzene rings is 2. The Bertz CT molecular complexity index is 820. The zero-order chi connectivity index (χ0) is 14.1. The van der Waals surface area contributed by atoms with E-state index in [1.165, 1.54) is 0 Å². The Balaban J connectivity index is 2.46. The number of aromatic hydroxyl groups is 1. The smallest absolute Gasteiger partial charge is 0.252 e. The van der Waals surface area contributed by atoms with E-state index < -0.39 is 0 Å². The minimum Gasteiger partial charge on any atom is -0.508 e. The molecule has 2 aromatic carbocycles. The van der Waals surface area contributed by atoms with Crippen molar-refractivity contribution in [1.82, 2.24) is 4.98 Å². The standard InChI is InChI=1S/C17H15NO2/c1-2-13-16(11-6-4-3-5-7-11)14-9-8-12(19)10-15(14)18-17(13)20/h3-10,19H,2H2,1H3,(H,18,20). The van der Waals surface area contributed by atoms with E-state index in [1.54, 1.807) is 12.1 Å². The van der Waals surface area contributed by atoms with Crippen LogP contribution in [0.3, 0.4) is 0 Å². The van der Waals surface area contributed by atoms with Crippen LogP contribution in [-0.2, 0) is 6.42 Å². The molecule has 0 atom stereocenters. The summed E-state index contributed by atoms with van der Waals surface area (Å²) < 4.78 is 0. The lowest BCUT2D eigenvalue weighted by Crippen LogP contribution is -2.13. The van der Waals surface area contributed by atoms with Crippen LogP contribution in [0.15, 0.2) is 53.3 Å². The number of phenols is 1. The molecule has 0 aliphatic rings. The van der Waals surface area contributed by atoms with Gasteiger partial charge in [-0.2, -0.15) is 0 Å². The first-order valence-corrected chi connectivity index (χ1v) is 6.64. The van der Waals surface area contributed by atoms with Gasteiger partial charge in [0.15, 0.2) is 0 Å². The Morgan fingerprint density at radius 1 is 1.10 bits per heavy atom. The zero-order valence-electron chi connectivity index (χ0n) is 11.2. The van der Waals surface area contributed by atoms with Gasteiger partial charge in [0, 0.05) is 17.0 Å². The lowest BCUT2D eigenvalue weighted by molar-refractivity contribution is 0.476. The monoisotopic (exact) mass is 265 g/mol. The van der Waals surface area contributed by atoms with Gasteiger partial charge in [-0.1, -0.05) is 37.3 Å². The number of H-pyrrole nitrogens is 1. The largest absolute Gasteiger partial charge is 0.508 e. The van der Waals surface area contributed by atoms with Crippen LogP contribution in [0.4, 0.5) is 0 Å². The van der Waals surface area contributed by atoms with E-state index >= 15 is 0 Å². The molecule has 0 aliphatic carbocycles. The summed E-state index contributed by atoms with van der Waals surface area (Å²) in [5, 5.41) is 10.5. The lowest BCUT2D eigenvalue weighted by Gasteiger charge is -2.12. The molecule has 1 heterocycles. The van der Waals surface area contributed by atoms with Crippen LogP contribution in [0.5, 0.6) is 5.75 Å². The zero-order valence-corrected chi connectivity index (χ0v) is 11.2. The van der Waals surface area contributed by atoms with Crippen molar-refractivity contribution in [3.8, 4) is 16.9 Å². The second-order valence-electron chi connectivity index (χ2n) is 4.76. The van der Waals surface area contributed by atoms with Crippen LogP contribution in [0, 0.1) is 0 Å². The Morgan fingerprint density at radius 3 is 2.55 bits per heavy atom. The summed E-state index contributed by atoms with van der Waals surface area (Å²) in [6, 6.07) is 15.0. The summed E-state index contributed by atoms with van der Waals surface area (Å²) in [6.45, 7) is 1.98. The van der Waals surface area contributed by atoms with Crippen LogP contribution in [0.1, 0.15) is 12.5 Å². The molecular formula is C17H15NO2. The van der Waals surface area contributed by atoms with E-state index in [9.17, 15) is 9.90 Å². The molecule has 0 saturated carbocycles. The fraction of sp³-hybridized carbons (Fsp3) is 0.118. The van der Waals surface area contributed by atoms with Crippen molar-refractivity contribution in [2.75, 3.05) is 0 Å². The van der Waals surface area contributed by atoms with Gasteiger partial charge in [-0.3, -0.25) is 4.79 Å². The normalized spacial score (nSPS) is 10.8. The first-order valence-electron chi connectivity index (χ1n) is 6.64. The summed E-state index contributed by atoms with van der Waals surface area (Å²) in [5.74, 6) is 0.149. The van der Waals surface area contributed by atoms with Crippen LogP contribution in [0.25, 0.3) is 22.0 Å². The number of rotatable bonds is 2. The molecular weight excluding hydrogens is 250 g/mol. The van der Waals surface area contributed by atoms with Gasteiger partial charge in [0.1, 0.15) is 5.75 Å². The Kier molecular flexibility index (Phi) is 3.03. The van der Waals surface area contributed by atoms with Gasteiger partial charge < -0.3 is 10.1 Å². The van der Waals surface area contributed by atoms with Gasteiger partial charge in [0.05, 0.1) is 5.52 Å². The molecule has 0 saturated heterocycles. The molecule has 3 aromatic rings. The molecule has 3 heteroatoms. The molecule has 100 valence electrons. The van der Waals surface area contributed by atoms with Crippen molar-refractivity contribution < 1.29 is 5.11 Å². The van der Waals surface area contributed by atoms with Crippen molar-refractivity contribution in [1.29, 1.82) is 0 Å². The van der Waals surface area contributed by atoms with Gasteiger partial charge in [-0.25, -0.2) is 0 Å². The summed E-state index contributed by atoms with van der Waals surface area (Å²) in [4.78, 5) is 15.1. The Labute approximate surface area is 116 Å². The van der Waals surface area contributed by atoms with Crippen LogP contribution < -0.4 is 5.56 Å². The summed E-state index contributed by atoms with van der Waals surface area (Å²) in [6.07, 6.45) is 0.663. The molecule has 0 spiro atoms. The molecule has 0 bridgehead atoms. The highest BCUT2D eigenvalue weighted by molar-refractivity contribution is 5.96. The highest BCUT2D eigenvalue weighted by atomic mass is 16.3. The Morgan fingerprint density at radius 2 is 1.85 bits per heavy atom. The summed E-state index contributed by atoms with van der Waals surface area (Å²) in [7, 11) is 0. The SMILES string of the molecule is CCc1c(-c2ccccc2)c2ccc(O)cc2[nH]c1=O. The van der Waals surface area contributed by atoms with E-state index in [4.69, 9.17) is 0 Å².